The molecule has 0 saturated carbocycles. The van der Waals surface area contributed by atoms with Crippen molar-refractivity contribution in [1.29, 1.82) is 0 Å². The summed E-state index contributed by atoms with van der Waals surface area (Å²) in [6, 6.07) is 0. The third kappa shape index (κ3) is 43.9. The Morgan fingerprint density at radius 3 is 1.14 bits per heavy atom. The van der Waals surface area contributed by atoms with E-state index in [2.05, 4.69) is 5.32 Å². The smallest absolute Gasteiger partial charge is 0.668 e. The standard InChI is InChI=1S/C8H14NO3.3C3H7NO.Ti/c1-5(7(11)12)6(10)9-8(2,3)4;3*1-2-3(4)5;/h1-4H3,(H,9,10)(H,11,12);3*2H2,1H3,(H2,4,5);/q-1;;;;+4/p-3. The summed E-state index contributed by atoms with van der Waals surface area (Å²) < 4.78 is 0. The number of amides is 4. The molecule has 0 rings (SSSR count). The molecule has 4 amide bonds. The van der Waals surface area contributed by atoms with Gasteiger partial charge in [0.25, 0.3) is 0 Å². The van der Waals surface area contributed by atoms with E-state index < -0.39 is 35.1 Å². The first-order valence-corrected chi connectivity index (χ1v) is 8.18. The van der Waals surface area contributed by atoms with E-state index in [-0.39, 0.29) is 27.6 Å². The van der Waals surface area contributed by atoms with Crippen LogP contribution in [-0.4, -0.2) is 40.2 Å². The largest absolute Gasteiger partial charge is 4.00 e. The molecular weight excluding hydrogens is 404 g/mol. The van der Waals surface area contributed by atoms with Crippen LogP contribution in [0.3, 0.4) is 0 Å². The van der Waals surface area contributed by atoms with Crippen molar-refractivity contribution < 1.29 is 50.8 Å². The second kappa shape index (κ2) is 21.2. The molecule has 0 fully saturated rings. The molecule has 0 aromatic rings. The summed E-state index contributed by atoms with van der Waals surface area (Å²) in [6.07, 6.45) is 1.000. The Morgan fingerprint density at radius 2 is 1.04 bits per heavy atom. The number of carboxylic acid groups (broad SMARTS) is 1. The van der Waals surface area contributed by atoms with Crippen molar-refractivity contribution in [2.75, 3.05) is 0 Å². The fourth-order valence-electron chi connectivity index (χ4n) is 0.531. The van der Waals surface area contributed by atoms with E-state index in [1.54, 1.807) is 41.5 Å². The van der Waals surface area contributed by atoms with Crippen molar-refractivity contribution in [2.45, 2.75) is 73.3 Å². The van der Waals surface area contributed by atoms with Crippen LogP contribution >= 0.6 is 0 Å². The fraction of sp³-hybridized carbons (Fsp3) is 0.647. The van der Waals surface area contributed by atoms with Gasteiger partial charge in [-0.2, -0.15) is 12.8 Å². The summed E-state index contributed by atoms with van der Waals surface area (Å²) in [5, 5.41) is 11.0. The second-order valence-corrected chi connectivity index (χ2v) is 5.96. The van der Waals surface area contributed by atoms with Crippen LogP contribution < -0.4 is 5.32 Å². The second-order valence-electron chi connectivity index (χ2n) is 5.96. The van der Waals surface area contributed by atoms with E-state index in [0.717, 1.165) is 0 Å². The van der Waals surface area contributed by atoms with E-state index in [9.17, 15) is 24.0 Å². The minimum absolute atomic E-state index is 0. The van der Waals surface area contributed by atoms with Crippen LogP contribution in [-0.2, 0) is 45.7 Å². The van der Waals surface area contributed by atoms with Crippen molar-refractivity contribution in [3.63, 3.8) is 0 Å². The number of nitrogens with one attached hydrogen (secondary N) is 4. The Hall–Kier alpha value is -2.07. The van der Waals surface area contributed by atoms with Crippen LogP contribution in [0.25, 0.3) is 17.2 Å². The third-order valence-electron chi connectivity index (χ3n) is 2.11. The normalized spacial score (nSPS) is 8.54. The summed E-state index contributed by atoms with van der Waals surface area (Å²) in [5.74, 6) is -3.39. The predicted molar refractivity (Wildman–Crippen MR) is 103 cm³/mol. The van der Waals surface area contributed by atoms with Gasteiger partial charge in [0.1, 0.15) is 0 Å². The van der Waals surface area contributed by atoms with Gasteiger partial charge in [-0.1, -0.05) is 20.8 Å². The zero-order chi connectivity index (χ0) is 22.8. The van der Waals surface area contributed by atoms with Crippen LogP contribution in [0.5, 0.6) is 0 Å². The molecule has 5 N–H and O–H groups in total. The van der Waals surface area contributed by atoms with Crippen LogP contribution in [0.1, 0.15) is 67.7 Å². The van der Waals surface area contributed by atoms with Crippen LogP contribution in [0.15, 0.2) is 0 Å². The van der Waals surface area contributed by atoms with Crippen molar-refractivity contribution in [3.05, 3.63) is 23.1 Å². The Kier molecular flexibility index (Phi) is 27.9. The molecular formula is C17H32N4O6Ti. The first-order chi connectivity index (χ1) is 12.0. The molecule has 0 aliphatic rings. The van der Waals surface area contributed by atoms with Gasteiger partial charge in [-0.25, -0.2) is 0 Å². The number of hydrogen-bond donors (Lipinski definition) is 2. The number of aliphatic carboxylic acids is 1. The summed E-state index contributed by atoms with van der Waals surface area (Å²) in [5.41, 5.74) is 18.2. The van der Waals surface area contributed by atoms with E-state index in [1.807, 2.05) is 0 Å². The molecule has 0 aliphatic carbocycles. The van der Waals surface area contributed by atoms with E-state index in [4.69, 9.17) is 22.3 Å². The number of carbonyl (C=O) groups excluding carboxylic acids is 4. The van der Waals surface area contributed by atoms with Crippen molar-refractivity contribution >= 4 is 29.6 Å². The number of carboxylic acids is 1. The number of carbonyl (C=O) groups is 5. The van der Waals surface area contributed by atoms with E-state index in [0.29, 0.717) is 19.3 Å². The SMILES string of the molecule is CCC([NH-])=O.CCC([NH-])=O.CCC([NH-])=O.C[C-](C(=O)O)C(=O)NC(C)(C)C.[Ti+4]. The molecule has 0 radical (unpaired) electrons. The summed E-state index contributed by atoms with van der Waals surface area (Å²) >= 11 is 0. The maximum Gasteiger partial charge on any atom is 4.00 e. The zero-order valence-corrected chi connectivity index (χ0v) is 19.2. The van der Waals surface area contributed by atoms with Crippen LogP contribution in [0.4, 0.5) is 0 Å². The maximum absolute atomic E-state index is 11.1. The van der Waals surface area contributed by atoms with Gasteiger partial charge in [0, 0.05) is 23.3 Å². The van der Waals surface area contributed by atoms with Gasteiger partial charge in [-0.3, -0.25) is 4.79 Å². The number of rotatable bonds is 5. The Morgan fingerprint density at radius 1 is 0.821 bits per heavy atom. The third-order valence-corrected chi connectivity index (χ3v) is 2.11. The molecule has 0 saturated heterocycles. The summed E-state index contributed by atoms with van der Waals surface area (Å²) in [6.45, 7) is 11.6. The molecule has 0 aliphatic heterocycles. The minimum atomic E-state index is -1.18. The van der Waals surface area contributed by atoms with E-state index >= 15 is 0 Å². The maximum atomic E-state index is 11.1. The van der Waals surface area contributed by atoms with E-state index in [1.165, 1.54) is 6.92 Å². The Bertz CT molecular complexity index is 445. The zero-order valence-electron chi connectivity index (χ0n) is 17.6. The van der Waals surface area contributed by atoms with Crippen LogP contribution in [0.2, 0.25) is 0 Å². The molecule has 10 nitrogen and oxygen atoms in total. The average Bonchev–Trinajstić information content (AvgIpc) is 2.53. The number of hydrogen-bond acceptors (Lipinski definition) is 5. The first kappa shape index (κ1) is 36.8. The Balaban J connectivity index is -0.0000000927. The fourth-order valence-corrected chi connectivity index (χ4v) is 0.531. The molecule has 160 valence electrons. The summed E-state index contributed by atoms with van der Waals surface area (Å²) in [7, 11) is 0. The minimum Gasteiger partial charge on any atom is -0.668 e. The Labute approximate surface area is 182 Å². The molecule has 11 heteroatoms. The first-order valence-electron chi connectivity index (χ1n) is 8.18. The molecule has 0 heterocycles. The van der Waals surface area contributed by atoms with Gasteiger partial charge in [0.05, 0.1) is 5.91 Å². The molecule has 0 bridgehead atoms. The quantitative estimate of drug-likeness (QED) is 0.376. The van der Waals surface area contributed by atoms with Gasteiger partial charge in [-0.15, -0.1) is 0 Å². The topological polar surface area (TPSA) is 189 Å². The van der Waals surface area contributed by atoms with Crippen molar-refractivity contribution in [3.8, 4) is 0 Å². The van der Waals surface area contributed by atoms with Gasteiger partial charge >= 0.3 is 21.7 Å². The van der Waals surface area contributed by atoms with Crippen molar-refractivity contribution in [1.82, 2.24) is 5.32 Å². The van der Waals surface area contributed by atoms with Crippen molar-refractivity contribution in [2.24, 2.45) is 0 Å². The molecule has 0 atom stereocenters. The van der Waals surface area contributed by atoms with Gasteiger partial charge in [-0.05, 0) is 40.0 Å². The molecule has 0 aromatic carbocycles. The molecule has 0 spiro atoms. The average molecular weight is 436 g/mol. The summed E-state index contributed by atoms with van der Waals surface area (Å²) in [4.78, 5) is 49.8. The molecule has 28 heavy (non-hydrogen) atoms. The van der Waals surface area contributed by atoms with Crippen LogP contribution in [0, 0.1) is 5.92 Å². The van der Waals surface area contributed by atoms with Gasteiger partial charge in [0.15, 0.2) is 5.97 Å². The molecule has 0 unspecified atom stereocenters. The predicted octanol–water partition coefficient (Wildman–Crippen LogP) is 3.50. The monoisotopic (exact) mass is 436 g/mol. The van der Waals surface area contributed by atoms with Gasteiger partial charge in [0.2, 0.25) is 0 Å². The van der Waals surface area contributed by atoms with Gasteiger partial charge < -0.3 is 46.8 Å². The molecule has 0 aromatic heterocycles.